The third-order valence-electron chi connectivity index (χ3n) is 16.4. The van der Waals surface area contributed by atoms with Crippen molar-refractivity contribution >= 4 is 72.8 Å². The molecule has 0 spiro atoms. The maximum atomic E-state index is 14.8. The summed E-state index contributed by atoms with van der Waals surface area (Å²) in [5.74, 6) is -0.239. The van der Waals surface area contributed by atoms with E-state index in [1.54, 1.807) is 29.9 Å². The Kier molecular flexibility index (Phi) is 15.7. The van der Waals surface area contributed by atoms with E-state index in [0.717, 1.165) is 83.2 Å². The topological polar surface area (TPSA) is 164 Å². The number of alkyl halides is 3. The van der Waals surface area contributed by atoms with E-state index in [-0.39, 0.29) is 43.1 Å². The smallest absolute Gasteiger partial charge is 0.409 e. The van der Waals surface area contributed by atoms with Gasteiger partial charge in [-0.15, -0.1) is 0 Å². The van der Waals surface area contributed by atoms with Crippen molar-refractivity contribution in [2.75, 3.05) is 47.8 Å². The SMILES string of the molecule is Cc1c(OC2CCC(CCCCN3CCN(c4ccc5c([C@H]6CCC(=O)NC6=O)nn(C)c5c4)[C@@H](C(F)(F)F)C3)CC2)cccc1-c1ccc(N2CCc3cccc(C(=O)Nc4nc5ccccc5s4)c3C2)nc1C(=O)OC(C)(C)C. The highest BCUT2D eigenvalue weighted by Crippen LogP contribution is 2.40. The quantitative estimate of drug-likeness (QED) is 0.0603. The van der Waals surface area contributed by atoms with Crippen LogP contribution in [-0.4, -0.2) is 105 Å². The number of rotatable bonds is 14. The number of aryl methyl sites for hydroxylation is 1. The number of carbonyl (C=O) groups is 4. The van der Waals surface area contributed by atoms with Crippen molar-refractivity contribution in [1.29, 1.82) is 0 Å². The number of pyridine rings is 1. The maximum Gasteiger partial charge on any atom is 0.409 e. The number of hydrogen-bond donors (Lipinski definition) is 2. The lowest BCUT2D eigenvalue weighted by Crippen LogP contribution is -2.59. The van der Waals surface area contributed by atoms with E-state index in [1.807, 2.05) is 99.3 Å². The zero-order chi connectivity index (χ0) is 56.7. The summed E-state index contributed by atoms with van der Waals surface area (Å²) in [6.45, 7) is 9.78. The van der Waals surface area contributed by atoms with Crippen LogP contribution < -0.4 is 25.2 Å². The molecule has 0 radical (unpaired) electrons. The van der Waals surface area contributed by atoms with Crippen LogP contribution in [0.3, 0.4) is 0 Å². The Morgan fingerprint density at radius 3 is 2.43 bits per heavy atom. The first-order chi connectivity index (χ1) is 38.8. The second-order valence-corrected chi connectivity index (χ2v) is 24.1. The van der Waals surface area contributed by atoms with Gasteiger partial charge < -0.3 is 19.3 Å². The number of anilines is 3. The van der Waals surface area contributed by atoms with Gasteiger partial charge in [-0.25, -0.2) is 14.8 Å². The minimum absolute atomic E-state index is 0.0118. The normalized spacial score (nSPS) is 20.1. The summed E-state index contributed by atoms with van der Waals surface area (Å²) in [7, 11) is 1.72. The molecular formula is C62H68F3N9O6S. The largest absolute Gasteiger partial charge is 0.490 e. The Morgan fingerprint density at radius 1 is 0.852 bits per heavy atom. The van der Waals surface area contributed by atoms with Gasteiger partial charge in [-0.2, -0.15) is 18.3 Å². The number of thiazole rings is 1. The number of piperidine rings is 1. The number of hydrogen-bond acceptors (Lipinski definition) is 13. The highest BCUT2D eigenvalue weighted by Gasteiger charge is 2.47. The number of unbranched alkanes of at least 4 members (excludes halogenated alkanes) is 1. The Bertz CT molecular complexity index is 3500. The number of benzene rings is 4. The fourth-order valence-corrected chi connectivity index (χ4v) is 13.1. The summed E-state index contributed by atoms with van der Waals surface area (Å²) in [5, 5.41) is 11.2. The number of nitrogens with one attached hydrogen (secondary N) is 2. The van der Waals surface area contributed by atoms with E-state index in [4.69, 9.17) is 14.5 Å². The van der Waals surface area contributed by atoms with Gasteiger partial charge in [0.1, 0.15) is 23.2 Å². The van der Waals surface area contributed by atoms with Crippen LogP contribution in [-0.2, 0) is 34.3 Å². The van der Waals surface area contributed by atoms with Crippen molar-refractivity contribution in [3.8, 4) is 16.9 Å². The molecular weight excluding hydrogens is 1060 g/mol. The highest BCUT2D eigenvalue weighted by atomic mass is 32.1. The number of imide groups is 1. The van der Waals surface area contributed by atoms with Crippen molar-refractivity contribution in [3.05, 3.63) is 125 Å². The second kappa shape index (κ2) is 22.9. The molecule has 3 aliphatic heterocycles. The number of halogens is 3. The molecule has 1 saturated carbocycles. The Morgan fingerprint density at radius 2 is 1.65 bits per heavy atom. The van der Waals surface area contributed by atoms with E-state index in [1.165, 1.54) is 16.2 Å². The zero-order valence-electron chi connectivity index (χ0n) is 46.4. The summed E-state index contributed by atoms with van der Waals surface area (Å²) in [5.41, 5.74) is 6.77. The summed E-state index contributed by atoms with van der Waals surface area (Å²) < 4.78 is 59.6. The van der Waals surface area contributed by atoms with Crippen LogP contribution >= 0.6 is 11.3 Å². The van der Waals surface area contributed by atoms with Crippen LogP contribution in [0.15, 0.2) is 91.0 Å². The van der Waals surface area contributed by atoms with Gasteiger partial charge in [0.25, 0.3) is 5.91 Å². The van der Waals surface area contributed by atoms with E-state index in [9.17, 15) is 32.3 Å². The number of esters is 1. The number of para-hydroxylation sites is 1. The lowest BCUT2D eigenvalue weighted by molar-refractivity contribution is -0.156. The second-order valence-electron chi connectivity index (χ2n) is 23.1. The summed E-state index contributed by atoms with van der Waals surface area (Å²) in [6.07, 6.45) is 3.32. The first-order valence-electron chi connectivity index (χ1n) is 28.2. The number of aromatic nitrogens is 4. The minimum atomic E-state index is -4.44. The summed E-state index contributed by atoms with van der Waals surface area (Å²) in [6, 6.07) is 26.8. The number of ether oxygens (including phenoxy) is 2. The van der Waals surface area contributed by atoms with Crippen molar-refractivity contribution < 1.29 is 41.8 Å². The molecule has 3 amide bonds. The number of carbonyl (C=O) groups excluding carboxylic acids is 4. The molecule has 6 heterocycles. The van der Waals surface area contributed by atoms with Crippen LogP contribution in [0.2, 0.25) is 0 Å². The highest BCUT2D eigenvalue weighted by molar-refractivity contribution is 7.22. The molecule has 4 aliphatic rings. The summed E-state index contributed by atoms with van der Waals surface area (Å²) in [4.78, 5) is 67.5. The van der Waals surface area contributed by atoms with Gasteiger partial charge in [0.05, 0.1) is 33.4 Å². The molecule has 3 aromatic heterocycles. The molecule has 0 unspecified atom stereocenters. The molecule has 424 valence electrons. The van der Waals surface area contributed by atoms with Crippen LogP contribution in [0.1, 0.15) is 128 Å². The fourth-order valence-electron chi connectivity index (χ4n) is 12.2. The lowest BCUT2D eigenvalue weighted by Gasteiger charge is -2.43. The zero-order valence-corrected chi connectivity index (χ0v) is 47.2. The molecule has 4 aromatic carbocycles. The van der Waals surface area contributed by atoms with Crippen molar-refractivity contribution in [1.82, 2.24) is 30.0 Å². The van der Waals surface area contributed by atoms with Crippen LogP contribution in [0.5, 0.6) is 5.75 Å². The number of nitrogens with zero attached hydrogens (tertiary/aromatic N) is 7. The van der Waals surface area contributed by atoms with Crippen LogP contribution in [0.4, 0.5) is 29.8 Å². The van der Waals surface area contributed by atoms with E-state index < -0.39 is 35.6 Å². The molecule has 19 heteroatoms. The molecule has 1 aliphatic carbocycles. The third kappa shape index (κ3) is 12.2. The maximum absolute atomic E-state index is 14.8. The van der Waals surface area contributed by atoms with Crippen LogP contribution in [0, 0.1) is 12.8 Å². The third-order valence-corrected chi connectivity index (χ3v) is 17.4. The lowest BCUT2D eigenvalue weighted by atomic mass is 9.84. The van der Waals surface area contributed by atoms with Gasteiger partial charge in [0, 0.05) is 68.4 Å². The molecule has 81 heavy (non-hydrogen) atoms. The average Bonchev–Trinajstić information content (AvgIpc) is 4.26. The first kappa shape index (κ1) is 55.5. The molecule has 2 N–H and O–H groups in total. The predicted molar refractivity (Wildman–Crippen MR) is 308 cm³/mol. The van der Waals surface area contributed by atoms with E-state index in [0.29, 0.717) is 89.3 Å². The Labute approximate surface area is 473 Å². The monoisotopic (exact) mass is 1120 g/mol. The van der Waals surface area contributed by atoms with E-state index >= 15 is 0 Å². The first-order valence-corrected chi connectivity index (χ1v) is 29.0. The molecule has 2 atom stereocenters. The average molecular weight is 1120 g/mol. The fraction of sp³-hybridized carbons (Fsp3) is 0.435. The Balaban J connectivity index is 0.694. The molecule has 11 rings (SSSR count). The van der Waals surface area contributed by atoms with Gasteiger partial charge >= 0.3 is 12.1 Å². The van der Waals surface area contributed by atoms with Gasteiger partial charge in [0.2, 0.25) is 11.8 Å². The van der Waals surface area contributed by atoms with Gasteiger partial charge in [-0.1, -0.05) is 60.6 Å². The molecule has 0 bridgehead atoms. The van der Waals surface area contributed by atoms with Crippen molar-refractivity contribution in [2.45, 2.75) is 128 Å². The Hall–Kier alpha value is -7.38. The van der Waals surface area contributed by atoms with E-state index in [2.05, 4.69) is 31.7 Å². The van der Waals surface area contributed by atoms with Crippen molar-refractivity contribution in [3.63, 3.8) is 0 Å². The molecule has 3 fully saturated rings. The van der Waals surface area contributed by atoms with Gasteiger partial charge in [-0.3, -0.25) is 34.6 Å². The number of amides is 3. The standard InChI is InChI=1S/C62H68F3N9O6S/c1-37-42(43-25-27-53(67-56(43)59(78)80-61(2,3)4)73-31-29-39-13-10-15-44(47(39)35-73)57(76)69-60-66-48-16-6-7-18-51(48)81-60)14-11-17-50(37)79-41-22-19-38(20-23-41)12-8-9-30-72-32-33-74(52(36-72)62(63,64)65)40-21-24-45-49(34-40)71(5)70-55(45)46-26-28-54(75)68-58(46)77/h6-7,10-11,13-18,21,24-25,27,34,38,41,46,52H,8-9,12,19-20,22-23,26,28-33,35-36H2,1-5H3,(H,66,69,76)(H,68,75,77)/t38?,41?,46-,52-/m1/s1. The number of piperazine rings is 1. The van der Waals surface area contributed by atoms with Gasteiger partial charge in [-0.05, 0) is 162 Å². The molecule has 2 saturated heterocycles. The molecule has 7 aromatic rings. The molecule has 15 nitrogen and oxygen atoms in total. The van der Waals surface area contributed by atoms with Crippen LogP contribution in [0.25, 0.3) is 32.2 Å². The summed E-state index contributed by atoms with van der Waals surface area (Å²) >= 11 is 1.43. The minimum Gasteiger partial charge on any atom is -0.490 e. The van der Waals surface area contributed by atoms with Gasteiger partial charge in [0.15, 0.2) is 10.8 Å². The van der Waals surface area contributed by atoms with Crippen molar-refractivity contribution in [2.24, 2.45) is 13.0 Å². The predicted octanol–water partition coefficient (Wildman–Crippen LogP) is 11.7. The number of fused-ring (bicyclic) bond motifs is 3.